The number of H-pyrrole nitrogens is 2. The van der Waals surface area contributed by atoms with E-state index in [2.05, 4.69) is 281 Å². The van der Waals surface area contributed by atoms with Crippen LogP contribution in [0, 0.1) is 48.5 Å². The molecular weight excluding hydrogens is 1590 g/mol. The lowest BCUT2D eigenvalue weighted by Crippen LogP contribution is -2.04. The van der Waals surface area contributed by atoms with Crippen molar-refractivity contribution in [1.29, 1.82) is 0 Å². The third-order valence-corrected chi connectivity index (χ3v) is 18.7. The first kappa shape index (κ1) is 112. The number of aromatic amines is 2. The molecule has 0 aromatic carbocycles. The minimum atomic E-state index is -0.535. The molecular formula is C92H156FN29O2S. The number of hydrogen-bond donors (Lipinski definition) is 5. The van der Waals surface area contributed by atoms with E-state index < -0.39 is 6.80 Å². The molecule has 694 valence electrons. The molecule has 0 saturated carbocycles. The highest BCUT2D eigenvalue weighted by molar-refractivity contribution is 7.11. The van der Waals surface area contributed by atoms with Crippen LogP contribution in [0.1, 0.15) is 356 Å². The summed E-state index contributed by atoms with van der Waals surface area (Å²) >= 11 is 1.67. The van der Waals surface area contributed by atoms with Crippen molar-refractivity contribution in [2.75, 3.05) is 17.2 Å². The Bertz CT molecular complexity index is 4370. The van der Waals surface area contributed by atoms with Crippen LogP contribution in [0.2, 0.25) is 0 Å². The Morgan fingerprint density at radius 2 is 1.05 bits per heavy atom. The Morgan fingerprint density at radius 3 is 1.28 bits per heavy atom. The van der Waals surface area contributed by atoms with E-state index in [4.69, 9.17) is 26.0 Å². The molecule has 33 heteroatoms. The van der Waals surface area contributed by atoms with Crippen LogP contribution in [0.5, 0.6) is 0 Å². The lowest BCUT2D eigenvalue weighted by Gasteiger charge is -2.06. The standard InChI is InChI=1S/C8H13N.C7H11FN2.2C7H13N3.2C7H12N2.C7H11NO.C7H11N.C6H11N3.C6H10N2O.C6H10N2S.2C6H10N2.C5H9N3/c1-6(2)8-5-9-4-7(8)3;1-6(2)7-3-9-10(4-7)5-8;1-5(2)10-4-7(8)6(3)9-10;1-5(2)10-6(3)7(8)4-9-10;1-6(2)7-4-8-9(3)5-7;1-6(2)9-4-7(3)8-5-9;1-5(2)7-8-4-6(3)9-7;1-6(2)7-3-4-8-5-7;1-5(2)9-4-6(7)3-8-9;2*1-4(2)6-8-7-5(3)9-6;1-6(2)8-4-3-7-5-8;1-6(2)8-5-3-4-7-8;1-5(2)8-6-3-4-7-8/h4-6,9H,1-3H3;3-4,6H,5H2,1-2H3;2*4-5H,8H2,1-3H3;2*4-6H,1-3H3;4-5H,1-3H3;3-6,8H,1-2H3;3-5H,7H2,1-2H3;2*4H,1-3H3;2*3-6H,1-2H3;3-5H,1-2H3. The Labute approximate surface area is 749 Å². The highest BCUT2D eigenvalue weighted by atomic mass is 32.1. The second-order valence-corrected chi connectivity index (χ2v) is 35.0. The van der Waals surface area contributed by atoms with Crippen molar-refractivity contribution < 1.29 is 13.2 Å². The zero-order chi connectivity index (χ0) is 94.9. The van der Waals surface area contributed by atoms with Gasteiger partial charge >= 0.3 is 0 Å². The van der Waals surface area contributed by atoms with Crippen LogP contribution in [-0.2, 0) is 13.8 Å². The minimum Gasteiger partial charge on any atom is -0.446 e. The molecule has 31 nitrogen and oxygen atoms in total. The van der Waals surface area contributed by atoms with Gasteiger partial charge in [0, 0.05) is 149 Å². The molecule has 0 radical (unpaired) electrons. The van der Waals surface area contributed by atoms with Crippen molar-refractivity contribution in [3.05, 3.63) is 227 Å². The summed E-state index contributed by atoms with van der Waals surface area (Å²) in [5.74, 6) is 6.66. The number of nitrogen functional groups attached to an aromatic ring is 3. The van der Waals surface area contributed by atoms with Gasteiger partial charge in [-0.3, -0.25) is 23.4 Å². The summed E-state index contributed by atoms with van der Waals surface area (Å²) in [6.07, 6.45) is 40.8. The summed E-state index contributed by atoms with van der Waals surface area (Å²) in [6.45, 7) is 72.0. The number of nitrogens with zero attached hydrogens (tertiary/aromatic N) is 24. The quantitative estimate of drug-likeness (QED) is 0.0636. The molecule has 14 aromatic rings. The van der Waals surface area contributed by atoms with Crippen molar-refractivity contribution in [2.45, 2.75) is 333 Å². The summed E-state index contributed by atoms with van der Waals surface area (Å²) in [5, 5.41) is 49.6. The lowest BCUT2D eigenvalue weighted by atomic mass is 10.0. The van der Waals surface area contributed by atoms with Gasteiger partial charge in [-0.15, -0.1) is 31.7 Å². The fraction of sp³-hybridized carbons (Fsp3) is 0.554. The summed E-state index contributed by atoms with van der Waals surface area (Å²) in [6, 6.07) is 7.18. The number of aromatic nitrogens is 26. The predicted molar refractivity (Wildman–Crippen MR) is 510 cm³/mol. The first-order chi connectivity index (χ1) is 58.6. The molecule has 0 bridgehead atoms. The molecule has 125 heavy (non-hydrogen) atoms. The molecule has 0 atom stereocenters. The molecule has 0 spiro atoms. The Hall–Kier alpha value is -11.4. The monoisotopic (exact) mass is 1750 g/mol. The average Bonchev–Trinajstić information content (AvgIpc) is 1.73. The molecule has 0 fully saturated rings. The van der Waals surface area contributed by atoms with Gasteiger partial charge in [-0.05, 0) is 202 Å². The molecule has 0 saturated heterocycles. The Kier molecular flexibility index (Phi) is 53.1. The summed E-state index contributed by atoms with van der Waals surface area (Å²) in [4.78, 5) is 19.8. The van der Waals surface area contributed by atoms with Gasteiger partial charge < -0.3 is 45.1 Å². The highest BCUT2D eigenvalue weighted by Gasteiger charge is 2.10. The normalized spacial score (nSPS) is 10.6. The fourth-order valence-corrected chi connectivity index (χ4v) is 10.4. The van der Waals surface area contributed by atoms with Gasteiger partial charge in [0.15, 0.2) is 12.7 Å². The van der Waals surface area contributed by atoms with Crippen LogP contribution in [0.3, 0.4) is 0 Å². The molecule has 0 aliphatic carbocycles. The fourth-order valence-electron chi connectivity index (χ4n) is 9.71. The Morgan fingerprint density at radius 1 is 0.448 bits per heavy atom. The van der Waals surface area contributed by atoms with Gasteiger partial charge in [-0.25, -0.2) is 24.0 Å². The van der Waals surface area contributed by atoms with Gasteiger partial charge in [-0.2, -0.15) is 45.6 Å². The maximum Gasteiger partial charge on any atom is 0.219 e. The number of imidazole rings is 2. The van der Waals surface area contributed by atoms with Crippen LogP contribution in [-0.4, -0.2) is 128 Å². The molecule has 14 heterocycles. The van der Waals surface area contributed by atoms with Gasteiger partial charge in [0.25, 0.3) is 0 Å². The van der Waals surface area contributed by atoms with E-state index >= 15 is 0 Å². The van der Waals surface area contributed by atoms with Crippen molar-refractivity contribution in [1.82, 2.24) is 128 Å². The van der Waals surface area contributed by atoms with E-state index in [1.807, 2.05) is 173 Å². The predicted octanol–water partition coefficient (Wildman–Crippen LogP) is 23.0. The maximum absolute atomic E-state index is 11.9. The lowest BCUT2D eigenvalue weighted by molar-refractivity contribution is 0.349. The third-order valence-electron chi connectivity index (χ3n) is 17.5. The number of aryl methyl sites for hydroxylation is 7. The molecule has 14 aromatic heterocycles. The number of rotatable bonds is 15. The second-order valence-electron chi connectivity index (χ2n) is 33.8. The topological polar surface area (TPSA) is 374 Å². The van der Waals surface area contributed by atoms with Crippen molar-refractivity contribution in [2.24, 2.45) is 7.05 Å². The smallest absolute Gasteiger partial charge is 0.219 e. The van der Waals surface area contributed by atoms with Gasteiger partial charge in [0.2, 0.25) is 11.8 Å². The SMILES string of the molecule is CC(C)c1cc[nH]c1.CC(C)c1cnn(C)c1.CC(C)c1cnn(CF)c1.CC(C)n1cc(N)cn1.CC(C)n1cccn1.CC(C)n1ccnc1.CC(C)n1nccn1.Cc1c(N)cnn1C(C)C.Cc1c[nH]cc1C(C)C.Cc1cn(C(C)C)cn1.Cc1cnc(C(C)C)o1.Cc1nn(C(C)C)cc1N.Cc1nnc(C(C)C)o1.Cc1nnc(C(C)C)s1. The minimum absolute atomic E-state index is 0.339. The molecule has 14 rings (SSSR count). The summed E-state index contributed by atoms with van der Waals surface area (Å²) < 4.78 is 37.0. The van der Waals surface area contributed by atoms with E-state index in [9.17, 15) is 4.39 Å². The van der Waals surface area contributed by atoms with Crippen LogP contribution in [0.4, 0.5) is 21.5 Å². The Balaban J connectivity index is 0.000000673. The molecule has 0 aliphatic rings. The van der Waals surface area contributed by atoms with Crippen molar-refractivity contribution in [3.8, 4) is 0 Å². The van der Waals surface area contributed by atoms with E-state index in [1.165, 1.54) is 26.9 Å². The van der Waals surface area contributed by atoms with Crippen molar-refractivity contribution in [3.63, 3.8) is 0 Å². The zero-order valence-corrected chi connectivity index (χ0v) is 83.0. The number of nitrogens with two attached hydrogens (primary N) is 3. The molecule has 0 aliphatic heterocycles. The van der Waals surface area contributed by atoms with Crippen LogP contribution < -0.4 is 17.2 Å². The molecule has 8 N–H and O–H groups in total. The van der Waals surface area contributed by atoms with Gasteiger partial charge in [0.1, 0.15) is 15.8 Å². The van der Waals surface area contributed by atoms with E-state index in [0.29, 0.717) is 95.5 Å². The first-order valence-corrected chi connectivity index (χ1v) is 44.0. The third kappa shape index (κ3) is 46.2. The largest absolute Gasteiger partial charge is 0.446 e. The van der Waals surface area contributed by atoms with E-state index in [0.717, 1.165) is 61.4 Å². The number of halogens is 1. The number of oxazole rings is 1. The second kappa shape index (κ2) is 59.5. The van der Waals surface area contributed by atoms with E-state index in [-0.39, 0.29) is 0 Å². The zero-order valence-electron chi connectivity index (χ0n) is 82.2. The average molecular weight is 1750 g/mol. The summed E-state index contributed by atoms with van der Waals surface area (Å²) in [7, 11) is 1.94. The van der Waals surface area contributed by atoms with Crippen LogP contribution in [0.25, 0.3) is 0 Å². The summed E-state index contributed by atoms with van der Waals surface area (Å²) in [5.41, 5.74) is 28.5. The number of anilines is 3. The van der Waals surface area contributed by atoms with Gasteiger partial charge in [0.05, 0.1) is 96.2 Å². The first-order valence-electron chi connectivity index (χ1n) is 43.2. The van der Waals surface area contributed by atoms with Crippen LogP contribution >= 0.6 is 11.3 Å². The van der Waals surface area contributed by atoms with E-state index in [1.54, 1.807) is 78.8 Å². The molecule has 0 unspecified atom stereocenters. The van der Waals surface area contributed by atoms with Crippen molar-refractivity contribution >= 4 is 28.4 Å². The van der Waals surface area contributed by atoms with Crippen LogP contribution in [0.15, 0.2) is 158 Å². The number of hydrogen-bond acceptors (Lipinski definition) is 21. The highest BCUT2D eigenvalue weighted by Crippen LogP contribution is 2.21. The maximum atomic E-state index is 11.9. The number of nitrogens with one attached hydrogen (secondary N) is 2. The number of alkyl halides is 1. The van der Waals surface area contributed by atoms with Gasteiger partial charge in [-0.1, -0.05) is 96.9 Å². The molecule has 0 amide bonds.